The number of hydrogen-bond acceptors (Lipinski definition) is 9. The first-order valence-electron chi connectivity index (χ1n) is 17.4. The average molecular weight is 699 g/mol. The number of fused-ring (bicyclic) bond motifs is 1. The Balaban J connectivity index is 1.07. The van der Waals surface area contributed by atoms with E-state index in [1.165, 1.54) is 9.87 Å². The number of aromatic nitrogens is 2. The van der Waals surface area contributed by atoms with Crippen LogP contribution in [-0.4, -0.2) is 95.3 Å². The molecule has 266 valence electrons. The summed E-state index contributed by atoms with van der Waals surface area (Å²) in [5, 5.41) is 0. The lowest BCUT2D eigenvalue weighted by molar-refractivity contribution is 0.0537. The number of sulfonamides is 1. The van der Waals surface area contributed by atoms with E-state index in [0.717, 1.165) is 51.0 Å². The summed E-state index contributed by atoms with van der Waals surface area (Å²) in [4.78, 5) is 16.5. The molecule has 11 heteroatoms. The lowest BCUT2D eigenvalue weighted by Gasteiger charge is -2.46. The second kappa shape index (κ2) is 15.0. The number of para-hydroxylation sites is 1. The van der Waals surface area contributed by atoms with Gasteiger partial charge in [-0.3, -0.25) is 9.21 Å². The van der Waals surface area contributed by atoms with Crippen molar-refractivity contribution in [3.8, 4) is 11.6 Å². The molecule has 0 aliphatic carbocycles. The van der Waals surface area contributed by atoms with Crippen LogP contribution in [0.3, 0.4) is 0 Å². The molecule has 4 aromatic rings. The number of rotatable bonds is 13. The summed E-state index contributed by atoms with van der Waals surface area (Å²) in [5.41, 5.74) is 4.42. The summed E-state index contributed by atoms with van der Waals surface area (Å²) in [7, 11) is 4.08. The summed E-state index contributed by atoms with van der Waals surface area (Å²) < 4.78 is 41.8. The van der Waals surface area contributed by atoms with Crippen LogP contribution in [-0.2, 0) is 22.0 Å². The normalized spacial score (nSPS) is 17.5. The Morgan fingerprint density at radius 1 is 0.940 bits per heavy atom. The Kier molecular flexibility index (Phi) is 10.7. The number of anilines is 2. The van der Waals surface area contributed by atoms with E-state index in [1.54, 1.807) is 31.5 Å². The van der Waals surface area contributed by atoms with Gasteiger partial charge in [-0.05, 0) is 101 Å². The van der Waals surface area contributed by atoms with Crippen molar-refractivity contribution in [1.82, 2.24) is 19.8 Å². The van der Waals surface area contributed by atoms with Crippen LogP contribution < -0.4 is 18.7 Å². The summed E-state index contributed by atoms with van der Waals surface area (Å²) in [6.07, 6.45) is 5.44. The van der Waals surface area contributed by atoms with Gasteiger partial charge in [-0.15, -0.1) is 0 Å². The second-order valence-corrected chi connectivity index (χ2v) is 15.5. The molecule has 0 spiro atoms. The standard InChI is InChI=1S/C39H50N6O4S/c1-29-25-34(48-6)26-30(2)37(29)50(46,47)45-33(27-31-13-10-11-16-35(31)45)28-49-36-17-20-40-38(41-36)43(5)21-12-22-44-23-18-39(19-24-44,42(3)4)32-14-8-7-9-15-32/h7-11,13-17,20,25-26,33H,12,18-19,21-24,27-28H2,1-6H3/t33-/m0/s1. The monoisotopic (exact) mass is 698 g/mol. The van der Waals surface area contributed by atoms with Gasteiger partial charge in [0.05, 0.1) is 23.7 Å². The lowest BCUT2D eigenvalue weighted by Crippen LogP contribution is -2.50. The van der Waals surface area contributed by atoms with E-state index < -0.39 is 16.1 Å². The largest absolute Gasteiger partial charge is 0.497 e. The van der Waals surface area contributed by atoms with Gasteiger partial charge in [0.15, 0.2) is 0 Å². The fraction of sp³-hybridized carbons (Fsp3) is 0.436. The molecule has 6 rings (SSSR count). The quantitative estimate of drug-likeness (QED) is 0.175. The molecule has 3 heterocycles. The fourth-order valence-electron chi connectivity index (χ4n) is 7.72. The Morgan fingerprint density at radius 3 is 2.30 bits per heavy atom. The Labute approximate surface area is 297 Å². The maximum atomic E-state index is 14.3. The molecule has 0 bridgehead atoms. The first-order valence-corrected chi connectivity index (χ1v) is 18.9. The van der Waals surface area contributed by atoms with Crippen LogP contribution in [0.1, 0.15) is 41.5 Å². The van der Waals surface area contributed by atoms with Crippen molar-refractivity contribution in [1.29, 1.82) is 0 Å². The molecule has 1 fully saturated rings. The molecule has 3 aromatic carbocycles. The topological polar surface area (TPSA) is 91.3 Å². The fourth-order valence-corrected chi connectivity index (χ4v) is 9.81. The lowest BCUT2D eigenvalue weighted by atomic mass is 9.80. The van der Waals surface area contributed by atoms with Gasteiger partial charge in [0.2, 0.25) is 11.8 Å². The predicted octanol–water partition coefficient (Wildman–Crippen LogP) is 5.68. The highest BCUT2D eigenvalue weighted by atomic mass is 32.2. The van der Waals surface area contributed by atoms with Crippen molar-refractivity contribution < 1.29 is 17.9 Å². The Morgan fingerprint density at radius 2 is 1.62 bits per heavy atom. The molecular formula is C39H50N6O4S. The van der Waals surface area contributed by atoms with E-state index in [2.05, 4.69) is 64.1 Å². The van der Waals surface area contributed by atoms with Gasteiger partial charge in [0.1, 0.15) is 12.4 Å². The first-order chi connectivity index (χ1) is 24.0. The molecule has 50 heavy (non-hydrogen) atoms. The van der Waals surface area contributed by atoms with E-state index >= 15 is 0 Å². The van der Waals surface area contributed by atoms with Gasteiger partial charge in [0, 0.05) is 44.5 Å². The highest BCUT2D eigenvalue weighted by Gasteiger charge is 2.41. The average Bonchev–Trinajstić information content (AvgIpc) is 3.50. The molecule has 1 saturated heterocycles. The van der Waals surface area contributed by atoms with Crippen LogP contribution in [0, 0.1) is 13.8 Å². The molecule has 0 unspecified atom stereocenters. The smallest absolute Gasteiger partial charge is 0.265 e. The van der Waals surface area contributed by atoms with Gasteiger partial charge in [-0.2, -0.15) is 4.98 Å². The highest BCUT2D eigenvalue weighted by Crippen LogP contribution is 2.40. The number of nitrogens with zero attached hydrogens (tertiary/aromatic N) is 6. The summed E-state index contributed by atoms with van der Waals surface area (Å²) in [5.74, 6) is 1.64. The third-order valence-corrected chi connectivity index (χ3v) is 12.6. The van der Waals surface area contributed by atoms with Crippen LogP contribution in [0.2, 0.25) is 0 Å². The van der Waals surface area contributed by atoms with Gasteiger partial charge in [-0.1, -0.05) is 48.5 Å². The van der Waals surface area contributed by atoms with Crippen molar-refractivity contribution >= 4 is 21.7 Å². The molecule has 10 nitrogen and oxygen atoms in total. The predicted molar refractivity (Wildman–Crippen MR) is 199 cm³/mol. The van der Waals surface area contributed by atoms with Crippen LogP contribution in [0.5, 0.6) is 11.6 Å². The van der Waals surface area contributed by atoms with Gasteiger partial charge in [-0.25, -0.2) is 13.4 Å². The molecule has 0 saturated carbocycles. The van der Waals surface area contributed by atoms with Crippen molar-refractivity contribution in [3.05, 3.63) is 101 Å². The Hall–Kier alpha value is -4.19. The first kappa shape index (κ1) is 35.6. The van der Waals surface area contributed by atoms with Gasteiger partial charge in [0.25, 0.3) is 10.0 Å². The molecule has 1 aromatic heterocycles. The van der Waals surface area contributed by atoms with Crippen LogP contribution in [0.25, 0.3) is 0 Å². The van der Waals surface area contributed by atoms with Crippen LogP contribution in [0.4, 0.5) is 11.6 Å². The zero-order valence-corrected chi connectivity index (χ0v) is 31.0. The molecular weight excluding hydrogens is 649 g/mol. The minimum atomic E-state index is -3.91. The Bertz CT molecular complexity index is 1860. The minimum absolute atomic E-state index is 0.0822. The molecule has 1 atom stereocenters. The molecule has 0 radical (unpaired) electrons. The highest BCUT2D eigenvalue weighted by molar-refractivity contribution is 7.93. The van der Waals surface area contributed by atoms with Crippen molar-refractivity contribution in [2.45, 2.75) is 56.0 Å². The van der Waals surface area contributed by atoms with E-state index in [9.17, 15) is 8.42 Å². The molecule has 2 aliphatic heterocycles. The third kappa shape index (κ3) is 7.17. The maximum absolute atomic E-state index is 14.3. The number of methoxy groups -OCH3 is 1. The van der Waals surface area contributed by atoms with Crippen LogP contribution in [0.15, 0.2) is 83.9 Å². The number of aryl methyl sites for hydroxylation is 2. The van der Waals surface area contributed by atoms with E-state index in [4.69, 9.17) is 14.5 Å². The number of hydrogen-bond donors (Lipinski definition) is 0. The van der Waals surface area contributed by atoms with Gasteiger partial charge < -0.3 is 19.3 Å². The van der Waals surface area contributed by atoms with E-state index in [-0.39, 0.29) is 12.1 Å². The number of piperidine rings is 1. The van der Waals surface area contributed by atoms with E-state index in [0.29, 0.717) is 45.7 Å². The van der Waals surface area contributed by atoms with Crippen molar-refractivity contribution in [2.24, 2.45) is 0 Å². The summed E-state index contributed by atoms with van der Waals surface area (Å²) in [6, 6.07) is 23.4. The zero-order chi connectivity index (χ0) is 35.5. The summed E-state index contributed by atoms with van der Waals surface area (Å²) in [6.45, 7) is 7.71. The number of likely N-dealkylation sites (tertiary alicyclic amines) is 1. The third-order valence-electron chi connectivity index (χ3n) is 10.4. The SMILES string of the molecule is COc1cc(C)c(S(=O)(=O)N2c3ccccc3C[C@H]2COc2ccnc(N(C)CCCN3CCC(c4ccccc4)(N(C)C)CC3)n2)c(C)c1. The molecule has 2 aliphatic rings. The van der Waals surface area contributed by atoms with Gasteiger partial charge >= 0.3 is 0 Å². The maximum Gasteiger partial charge on any atom is 0.265 e. The van der Waals surface area contributed by atoms with Crippen LogP contribution >= 0.6 is 0 Å². The molecule has 0 amide bonds. The number of benzene rings is 3. The van der Waals surface area contributed by atoms with Crippen molar-refractivity contribution in [2.75, 3.05) is 70.2 Å². The number of ether oxygens (including phenoxy) is 2. The van der Waals surface area contributed by atoms with E-state index in [1.807, 2.05) is 45.2 Å². The second-order valence-electron chi connectivity index (χ2n) is 13.8. The summed E-state index contributed by atoms with van der Waals surface area (Å²) >= 11 is 0. The molecule has 0 N–H and O–H groups in total. The van der Waals surface area contributed by atoms with Crippen molar-refractivity contribution in [3.63, 3.8) is 0 Å². The minimum Gasteiger partial charge on any atom is -0.497 e. The zero-order valence-electron chi connectivity index (χ0n) is 30.2.